The van der Waals surface area contributed by atoms with Crippen molar-refractivity contribution in [2.45, 2.75) is 38.1 Å². The molecule has 0 radical (unpaired) electrons. The molecule has 2 N–H and O–H groups in total. The first-order valence-electron chi connectivity index (χ1n) is 10.4. The van der Waals surface area contributed by atoms with Gasteiger partial charge in [0.05, 0.1) is 19.4 Å². The second-order valence-corrected chi connectivity index (χ2v) is 7.79. The van der Waals surface area contributed by atoms with E-state index in [4.69, 9.17) is 4.74 Å². The third kappa shape index (κ3) is 3.72. The van der Waals surface area contributed by atoms with Gasteiger partial charge in [0.1, 0.15) is 5.52 Å². The van der Waals surface area contributed by atoms with Gasteiger partial charge < -0.3 is 19.9 Å². The van der Waals surface area contributed by atoms with E-state index < -0.39 is 0 Å². The summed E-state index contributed by atoms with van der Waals surface area (Å²) in [5.41, 5.74) is 3.39. The maximum atomic E-state index is 12.5. The smallest absolute Gasteiger partial charge is 0.327 e. The van der Waals surface area contributed by atoms with Crippen molar-refractivity contribution in [2.75, 3.05) is 36.5 Å². The Morgan fingerprint density at radius 3 is 2.59 bits per heavy atom. The predicted octanol–water partition coefficient (Wildman–Crippen LogP) is 3.21. The lowest BCUT2D eigenvalue weighted by molar-refractivity contribution is 0.122. The minimum Gasteiger partial charge on any atom is -0.378 e. The molecule has 0 bridgehead atoms. The van der Waals surface area contributed by atoms with Crippen molar-refractivity contribution < 1.29 is 4.74 Å². The Balaban J connectivity index is 1.38. The summed E-state index contributed by atoms with van der Waals surface area (Å²) in [6, 6.07) is 8.48. The topological polar surface area (TPSA) is 88.1 Å². The van der Waals surface area contributed by atoms with E-state index in [0.717, 1.165) is 57.7 Å². The van der Waals surface area contributed by atoms with Crippen molar-refractivity contribution in [1.82, 2.24) is 19.5 Å². The van der Waals surface area contributed by atoms with Crippen LogP contribution in [0.25, 0.3) is 11.2 Å². The third-order valence-electron chi connectivity index (χ3n) is 5.90. The van der Waals surface area contributed by atoms with Gasteiger partial charge in [0.15, 0.2) is 5.65 Å². The van der Waals surface area contributed by atoms with E-state index in [1.165, 1.54) is 12.1 Å². The van der Waals surface area contributed by atoms with Gasteiger partial charge in [-0.15, -0.1) is 0 Å². The molecule has 29 heavy (non-hydrogen) atoms. The van der Waals surface area contributed by atoms with Crippen LogP contribution in [0.2, 0.25) is 0 Å². The van der Waals surface area contributed by atoms with Gasteiger partial charge in [-0.25, -0.2) is 9.78 Å². The first-order chi connectivity index (χ1) is 14.3. The third-order valence-corrected chi connectivity index (χ3v) is 5.90. The fraction of sp³-hybridized carbons (Fsp3) is 0.476. The van der Waals surface area contributed by atoms with Crippen molar-refractivity contribution in [1.29, 1.82) is 0 Å². The second-order valence-electron chi connectivity index (χ2n) is 7.79. The van der Waals surface area contributed by atoms with Crippen LogP contribution in [-0.4, -0.2) is 45.8 Å². The molecule has 1 aliphatic carbocycles. The summed E-state index contributed by atoms with van der Waals surface area (Å²) in [4.78, 5) is 26.8. The van der Waals surface area contributed by atoms with Crippen LogP contribution in [0.1, 0.15) is 38.1 Å². The van der Waals surface area contributed by atoms with E-state index >= 15 is 0 Å². The Labute approximate surface area is 168 Å². The van der Waals surface area contributed by atoms with Gasteiger partial charge in [0.25, 0.3) is 0 Å². The first kappa shape index (κ1) is 18.2. The molecular formula is C21H26N6O2. The Morgan fingerprint density at radius 1 is 1.07 bits per heavy atom. The quantitative estimate of drug-likeness (QED) is 0.707. The number of nitrogens with one attached hydrogen (secondary N) is 2. The maximum Gasteiger partial charge on any atom is 0.327 e. The summed E-state index contributed by atoms with van der Waals surface area (Å²) < 4.78 is 7.24. The number of hydrogen-bond donors (Lipinski definition) is 2. The zero-order chi connectivity index (χ0) is 19.6. The molecule has 0 unspecified atom stereocenters. The summed E-state index contributed by atoms with van der Waals surface area (Å²) in [5.74, 6) is 0.500. The van der Waals surface area contributed by atoms with Crippen molar-refractivity contribution in [3.8, 4) is 0 Å². The molecule has 1 aliphatic heterocycles. The Hall–Kier alpha value is -2.87. The summed E-state index contributed by atoms with van der Waals surface area (Å²) in [7, 11) is 0. The molecule has 2 aromatic heterocycles. The highest BCUT2D eigenvalue weighted by molar-refractivity contribution is 5.72. The van der Waals surface area contributed by atoms with E-state index in [1.807, 2.05) is 16.7 Å². The monoisotopic (exact) mass is 394 g/mol. The molecule has 3 aromatic rings. The van der Waals surface area contributed by atoms with Crippen LogP contribution in [0.3, 0.4) is 0 Å². The van der Waals surface area contributed by atoms with Gasteiger partial charge >= 0.3 is 5.69 Å². The number of hydrogen-bond acceptors (Lipinski definition) is 6. The number of nitrogens with zero attached hydrogens (tertiary/aromatic N) is 4. The molecule has 8 nitrogen and oxygen atoms in total. The van der Waals surface area contributed by atoms with E-state index in [9.17, 15) is 4.79 Å². The molecule has 0 atom stereocenters. The van der Waals surface area contributed by atoms with Gasteiger partial charge in [-0.3, -0.25) is 4.57 Å². The Bertz CT molecular complexity index is 1030. The fourth-order valence-corrected chi connectivity index (χ4v) is 4.36. The van der Waals surface area contributed by atoms with Crippen LogP contribution in [0.15, 0.2) is 35.3 Å². The van der Waals surface area contributed by atoms with Crippen molar-refractivity contribution in [3.63, 3.8) is 0 Å². The average Bonchev–Trinajstić information content (AvgIpc) is 3.10. The molecule has 152 valence electrons. The lowest BCUT2D eigenvalue weighted by Gasteiger charge is -2.28. The van der Waals surface area contributed by atoms with Gasteiger partial charge in [0, 0.05) is 30.5 Å². The number of ether oxygens (including phenoxy) is 1. The van der Waals surface area contributed by atoms with Gasteiger partial charge in [-0.1, -0.05) is 19.3 Å². The number of rotatable bonds is 4. The number of fused-ring (bicyclic) bond motifs is 1. The van der Waals surface area contributed by atoms with Crippen LogP contribution in [0.5, 0.6) is 0 Å². The van der Waals surface area contributed by atoms with E-state index in [-0.39, 0.29) is 11.7 Å². The molecule has 3 heterocycles. The molecule has 5 rings (SSSR count). The summed E-state index contributed by atoms with van der Waals surface area (Å²) >= 11 is 0. The number of H-pyrrole nitrogens is 1. The largest absolute Gasteiger partial charge is 0.378 e. The molecule has 2 fully saturated rings. The predicted molar refractivity (Wildman–Crippen MR) is 113 cm³/mol. The Kier molecular flexibility index (Phi) is 4.93. The zero-order valence-corrected chi connectivity index (χ0v) is 16.4. The zero-order valence-electron chi connectivity index (χ0n) is 16.4. The molecular weight excluding hydrogens is 368 g/mol. The maximum absolute atomic E-state index is 12.5. The van der Waals surface area contributed by atoms with Crippen molar-refractivity contribution in [3.05, 3.63) is 40.9 Å². The molecule has 1 aromatic carbocycles. The molecule has 1 saturated heterocycles. The highest BCUT2D eigenvalue weighted by atomic mass is 16.5. The van der Waals surface area contributed by atoms with E-state index in [1.54, 1.807) is 6.20 Å². The van der Waals surface area contributed by atoms with E-state index in [0.29, 0.717) is 17.1 Å². The lowest BCUT2D eigenvalue weighted by atomic mass is 9.95. The molecule has 0 amide bonds. The fourth-order valence-electron chi connectivity index (χ4n) is 4.36. The Morgan fingerprint density at radius 2 is 1.83 bits per heavy atom. The highest BCUT2D eigenvalue weighted by Gasteiger charge is 2.21. The summed E-state index contributed by atoms with van der Waals surface area (Å²) in [5, 5.41) is 3.27. The molecule has 0 spiro atoms. The van der Waals surface area contributed by atoms with Crippen LogP contribution in [0, 0.1) is 0 Å². The number of aromatic amines is 1. The molecule has 1 saturated carbocycles. The highest BCUT2D eigenvalue weighted by Crippen LogP contribution is 2.29. The second kappa shape index (κ2) is 7.87. The van der Waals surface area contributed by atoms with Gasteiger partial charge in [-0.05, 0) is 37.1 Å². The van der Waals surface area contributed by atoms with E-state index in [2.05, 4.69) is 37.3 Å². The molecule has 2 aliphatic rings. The number of morpholine rings is 1. The first-order valence-corrected chi connectivity index (χ1v) is 10.4. The minimum absolute atomic E-state index is 0.0896. The standard InChI is InChI=1S/C21H26N6O2/c28-21-24-18-14-22-20(25-19(18)27(21)17-4-2-1-3-5-17)23-15-6-8-16(9-7-15)26-10-12-29-13-11-26/h6-9,14,17H,1-5,10-13H2,(H,24,28)(H,22,23,25). The van der Waals surface area contributed by atoms with Crippen molar-refractivity contribution in [2.24, 2.45) is 0 Å². The lowest BCUT2D eigenvalue weighted by Crippen LogP contribution is -2.36. The number of aromatic nitrogens is 4. The van der Waals surface area contributed by atoms with Crippen LogP contribution in [-0.2, 0) is 4.74 Å². The minimum atomic E-state index is -0.0896. The number of benzene rings is 1. The van der Waals surface area contributed by atoms with Crippen molar-refractivity contribution >= 4 is 28.5 Å². The number of anilines is 3. The SMILES string of the molecule is O=c1[nH]c2cnc(Nc3ccc(N4CCOCC4)cc3)nc2n1C1CCCCC1. The summed E-state index contributed by atoms with van der Waals surface area (Å²) in [6.45, 7) is 3.37. The van der Waals surface area contributed by atoms with Gasteiger partial charge in [0.2, 0.25) is 5.95 Å². The summed E-state index contributed by atoms with van der Waals surface area (Å²) in [6.07, 6.45) is 7.32. The van der Waals surface area contributed by atoms with Gasteiger partial charge in [-0.2, -0.15) is 4.98 Å². The molecule has 8 heteroatoms. The van der Waals surface area contributed by atoms with Crippen LogP contribution >= 0.6 is 0 Å². The average molecular weight is 394 g/mol. The number of imidazole rings is 1. The van der Waals surface area contributed by atoms with Crippen LogP contribution < -0.4 is 15.9 Å². The van der Waals surface area contributed by atoms with Crippen LogP contribution in [0.4, 0.5) is 17.3 Å². The normalized spacial score (nSPS) is 18.3.